The van der Waals surface area contributed by atoms with E-state index >= 15 is 0 Å². The summed E-state index contributed by atoms with van der Waals surface area (Å²) < 4.78 is 5.90. The van der Waals surface area contributed by atoms with Gasteiger partial charge in [-0.1, -0.05) is 25.1 Å². The highest BCUT2D eigenvalue weighted by Gasteiger charge is 2.14. The molecule has 1 atom stereocenters. The van der Waals surface area contributed by atoms with Gasteiger partial charge in [-0.15, -0.1) is 12.3 Å². The summed E-state index contributed by atoms with van der Waals surface area (Å²) in [5, 5.41) is 4.62. The third-order valence-electron chi connectivity index (χ3n) is 3.05. The molecule has 1 unspecified atom stereocenters. The number of para-hydroxylation sites is 1. The fraction of sp³-hybridized carbons (Fsp3) is 0.375. The molecule has 18 heavy (non-hydrogen) atoms. The average Bonchev–Trinajstić information content (AvgIpc) is 2.81. The van der Waals surface area contributed by atoms with Crippen LogP contribution >= 0.6 is 0 Å². The van der Waals surface area contributed by atoms with Crippen molar-refractivity contribution >= 4 is 11.0 Å². The molecule has 1 heterocycles. The van der Waals surface area contributed by atoms with Gasteiger partial charge in [-0.3, -0.25) is 0 Å². The van der Waals surface area contributed by atoms with E-state index in [4.69, 9.17) is 10.8 Å². The second-order valence-corrected chi connectivity index (χ2v) is 4.39. The van der Waals surface area contributed by atoms with E-state index in [1.807, 2.05) is 18.2 Å². The Bertz CT molecular complexity index is 502. The number of furan rings is 1. The molecule has 0 saturated carbocycles. The summed E-state index contributed by atoms with van der Waals surface area (Å²) in [6.45, 7) is 3.04. The summed E-state index contributed by atoms with van der Waals surface area (Å²) in [6.07, 6.45) is 8.15. The number of benzene rings is 1. The van der Waals surface area contributed by atoms with E-state index in [0.29, 0.717) is 0 Å². The standard InChI is InChI=1S/C16H19NO/c1-3-5-6-10-14(17-4-2)16-12-13-9-7-8-11-15(13)18-16/h1,7-9,11-12,14,17H,4-6,10H2,2H3. The summed E-state index contributed by atoms with van der Waals surface area (Å²) in [7, 11) is 0. The SMILES string of the molecule is C#CCCCC(NCC)c1cc2ccccc2o1. The fourth-order valence-electron chi connectivity index (χ4n) is 2.17. The lowest BCUT2D eigenvalue weighted by Gasteiger charge is -2.14. The summed E-state index contributed by atoms with van der Waals surface area (Å²) in [5.41, 5.74) is 0.951. The van der Waals surface area contributed by atoms with Gasteiger partial charge in [0.2, 0.25) is 0 Å². The first-order valence-corrected chi connectivity index (χ1v) is 6.50. The Morgan fingerprint density at radius 3 is 2.94 bits per heavy atom. The normalized spacial score (nSPS) is 12.4. The molecular formula is C16H19NO. The maximum Gasteiger partial charge on any atom is 0.134 e. The molecule has 0 amide bonds. The van der Waals surface area contributed by atoms with E-state index in [1.165, 1.54) is 0 Å². The molecule has 2 rings (SSSR count). The lowest BCUT2D eigenvalue weighted by molar-refractivity contribution is 0.411. The van der Waals surface area contributed by atoms with E-state index in [9.17, 15) is 0 Å². The monoisotopic (exact) mass is 241 g/mol. The highest BCUT2D eigenvalue weighted by molar-refractivity contribution is 5.77. The molecular weight excluding hydrogens is 222 g/mol. The molecule has 0 aliphatic rings. The van der Waals surface area contributed by atoms with Crippen molar-refractivity contribution < 1.29 is 4.42 Å². The van der Waals surface area contributed by atoms with Crippen molar-refractivity contribution in [3.8, 4) is 12.3 Å². The lowest BCUT2D eigenvalue weighted by atomic mass is 10.1. The van der Waals surface area contributed by atoms with Crippen molar-refractivity contribution in [3.63, 3.8) is 0 Å². The van der Waals surface area contributed by atoms with Crippen molar-refractivity contribution in [2.75, 3.05) is 6.54 Å². The highest BCUT2D eigenvalue weighted by atomic mass is 16.3. The van der Waals surface area contributed by atoms with Gasteiger partial charge in [-0.2, -0.15) is 0 Å². The minimum absolute atomic E-state index is 0.260. The molecule has 1 aromatic carbocycles. The van der Waals surface area contributed by atoms with Crippen LogP contribution in [0.4, 0.5) is 0 Å². The topological polar surface area (TPSA) is 25.2 Å². The third-order valence-corrected chi connectivity index (χ3v) is 3.05. The van der Waals surface area contributed by atoms with Gasteiger partial charge in [-0.05, 0) is 31.5 Å². The molecule has 94 valence electrons. The number of fused-ring (bicyclic) bond motifs is 1. The first-order valence-electron chi connectivity index (χ1n) is 6.50. The zero-order chi connectivity index (χ0) is 12.8. The number of hydrogen-bond donors (Lipinski definition) is 1. The van der Waals surface area contributed by atoms with Crippen LogP contribution in [-0.2, 0) is 0 Å². The van der Waals surface area contributed by atoms with Crippen LogP contribution in [0.5, 0.6) is 0 Å². The van der Waals surface area contributed by atoms with Crippen LogP contribution < -0.4 is 5.32 Å². The van der Waals surface area contributed by atoms with E-state index < -0.39 is 0 Å². The molecule has 2 heteroatoms. The van der Waals surface area contributed by atoms with Gasteiger partial charge in [0.15, 0.2) is 0 Å². The second kappa shape index (κ2) is 6.28. The number of terminal acetylenes is 1. The van der Waals surface area contributed by atoms with Gasteiger partial charge in [0.05, 0.1) is 6.04 Å². The van der Waals surface area contributed by atoms with E-state index in [1.54, 1.807) is 0 Å². The Hall–Kier alpha value is -1.72. The van der Waals surface area contributed by atoms with Gasteiger partial charge in [0.1, 0.15) is 11.3 Å². The Labute approximate surface area is 108 Å². The van der Waals surface area contributed by atoms with Gasteiger partial charge >= 0.3 is 0 Å². The largest absolute Gasteiger partial charge is 0.459 e. The van der Waals surface area contributed by atoms with Crippen molar-refractivity contribution in [1.29, 1.82) is 0 Å². The van der Waals surface area contributed by atoms with Crippen molar-refractivity contribution in [2.45, 2.75) is 32.2 Å². The molecule has 0 aliphatic carbocycles. The molecule has 0 bridgehead atoms. The number of rotatable bonds is 6. The average molecular weight is 241 g/mol. The molecule has 0 aliphatic heterocycles. The Kier molecular flexibility index (Phi) is 4.44. The zero-order valence-corrected chi connectivity index (χ0v) is 10.8. The van der Waals surface area contributed by atoms with Crippen LogP contribution in [0.3, 0.4) is 0 Å². The quantitative estimate of drug-likeness (QED) is 0.613. The van der Waals surface area contributed by atoms with Gasteiger partial charge < -0.3 is 9.73 Å². The maximum absolute atomic E-state index is 5.90. The summed E-state index contributed by atoms with van der Waals surface area (Å²) in [6, 6.07) is 10.5. The maximum atomic E-state index is 5.90. The van der Waals surface area contributed by atoms with Crippen LogP contribution in [0.2, 0.25) is 0 Å². The van der Waals surface area contributed by atoms with Gasteiger partial charge in [0.25, 0.3) is 0 Å². The molecule has 1 aromatic heterocycles. The van der Waals surface area contributed by atoms with Crippen LogP contribution in [0.1, 0.15) is 38.0 Å². The Balaban J connectivity index is 2.16. The van der Waals surface area contributed by atoms with Crippen LogP contribution in [0.15, 0.2) is 34.7 Å². The fourth-order valence-corrected chi connectivity index (χ4v) is 2.17. The predicted molar refractivity (Wildman–Crippen MR) is 75.3 cm³/mol. The van der Waals surface area contributed by atoms with Crippen LogP contribution in [0.25, 0.3) is 11.0 Å². The lowest BCUT2D eigenvalue weighted by Crippen LogP contribution is -2.20. The van der Waals surface area contributed by atoms with Crippen molar-refractivity contribution in [1.82, 2.24) is 5.32 Å². The minimum atomic E-state index is 0.260. The third kappa shape index (κ3) is 2.94. The molecule has 2 aromatic rings. The highest BCUT2D eigenvalue weighted by Crippen LogP contribution is 2.26. The Morgan fingerprint density at radius 1 is 1.39 bits per heavy atom. The zero-order valence-electron chi connectivity index (χ0n) is 10.8. The molecule has 0 spiro atoms. The van der Waals surface area contributed by atoms with E-state index in [-0.39, 0.29) is 6.04 Å². The first-order chi connectivity index (χ1) is 8.85. The second-order valence-electron chi connectivity index (χ2n) is 4.39. The number of hydrogen-bond acceptors (Lipinski definition) is 2. The molecule has 0 radical (unpaired) electrons. The number of nitrogens with one attached hydrogen (secondary N) is 1. The summed E-state index contributed by atoms with van der Waals surface area (Å²) in [4.78, 5) is 0. The predicted octanol–water partition coefficient (Wildman–Crippen LogP) is 3.89. The van der Waals surface area contributed by atoms with E-state index in [2.05, 4.69) is 30.3 Å². The molecule has 1 N–H and O–H groups in total. The Morgan fingerprint density at radius 2 is 2.22 bits per heavy atom. The molecule has 2 nitrogen and oxygen atoms in total. The van der Waals surface area contributed by atoms with Gasteiger partial charge in [-0.25, -0.2) is 0 Å². The van der Waals surface area contributed by atoms with Crippen LogP contribution in [-0.4, -0.2) is 6.54 Å². The van der Waals surface area contributed by atoms with Crippen LogP contribution in [0, 0.1) is 12.3 Å². The van der Waals surface area contributed by atoms with Gasteiger partial charge in [0, 0.05) is 11.8 Å². The molecule has 0 saturated heterocycles. The minimum Gasteiger partial charge on any atom is -0.459 e. The molecule has 0 fully saturated rings. The summed E-state index contributed by atoms with van der Waals surface area (Å²) in [5.74, 6) is 3.69. The van der Waals surface area contributed by atoms with Crippen molar-refractivity contribution in [2.24, 2.45) is 0 Å². The smallest absolute Gasteiger partial charge is 0.134 e. The number of unbranched alkanes of at least 4 members (excludes halogenated alkanes) is 1. The first kappa shape index (κ1) is 12.7. The van der Waals surface area contributed by atoms with Crippen molar-refractivity contribution in [3.05, 3.63) is 36.1 Å². The summed E-state index contributed by atoms with van der Waals surface area (Å²) >= 11 is 0. The van der Waals surface area contributed by atoms with E-state index in [0.717, 1.165) is 42.5 Å².